The number of ether oxygens (including phenoxy) is 2. The molecule has 0 spiro atoms. The molecule has 1 aliphatic rings. The van der Waals surface area contributed by atoms with Crippen molar-refractivity contribution < 1.29 is 23.9 Å². The molecule has 154 valence electrons. The first-order valence-corrected chi connectivity index (χ1v) is 10.3. The Morgan fingerprint density at radius 3 is 2.59 bits per heavy atom. The topological polar surface area (TPSA) is 108 Å². The molecule has 0 saturated heterocycles. The van der Waals surface area contributed by atoms with Gasteiger partial charge in [-0.1, -0.05) is 6.92 Å². The van der Waals surface area contributed by atoms with E-state index in [2.05, 4.69) is 12.2 Å². The van der Waals surface area contributed by atoms with Crippen LogP contribution in [0, 0.1) is 5.92 Å². The zero-order valence-corrected chi connectivity index (χ0v) is 17.3. The molecular weight excluding hydrogens is 392 g/mol. The molecule has 2 aromatic rings. The summed E-state index contributed by atoms with van der Waals surface area (Å²) in [5.74, 6) is -1.04. The summed E-state index contributed by atoms with van der Waals surface area (Å²) < 4.78 is 10.3. The van der Waals surface area contributed by atoms with Crippen molar-refractivity contribution in [3.63, 3.8) is 0 Å². The minimum absolute atomic E-state index is 0.256. The zero-order valence-electron chi connectivity index (χ0n) is 16.4. The number of nitrogen functional groups attached to an aromatic ring is 1. The third-order valence-electron chi connectivity index (χ3n) is 4.72. The predicted molar refractivity (Wildman–Crippen MR) is 111 cm³/mol. The number of hydrogen-bond donors (Lipinski definition) is 2. The van der Waals surface area contributed by atoms with Crippen molar-refractivity contribution in [1.82, 2.24) is 0 Å². The SMILES string of the molecule is CCOC(=O)c1c(NC(=O)COC(=O)c2ccc(N)cc2)sc2c1CC[C@@H](C)C2. The van der Waals surface area contributed by atoms with Gasteiger partial charge >= 0.3 is 11.9 Å². The van der Waals surface area contributed by atoms with Crippen LogP contribution < -0.4 is 11.1 Å². The lowest BCUT2D eigenvalue weighted by Crippen LogP contribution is -2.22. The fraction of sp³-hybridized carbons (Fsp3) is 0.381. The van der Waals surface area contributed by atoms with Gasteiger partial charge in [-0.2, -0.15) is 0 Å². The standard InChI is InChI=1S/C21H24N2O5S/c1-3-27-21(26)18-15-9-4-12(2)10-16(15)29-19(18)23-17(24)11-28-20(25)13-5-7-14(22)8-6-13/h5-8,12H,3-4,9-11,22H2,1-2H3,(H,23,24)/t12-/m1/s1. The van der Waals surface area contributed by atoms with Gasteiger partial charge in [0, 0.05) is 10.6 Å². The molecular formula is C21H24N2O5S. The van der Waals surface area contributed by atoms with Crippen LogP contribution >= 0.6 is 11.3 Å². The number of nitrogens with two attached hydrogens (primary N) is 1. The van der Waals surface area contributed by atoms with Gasteiger partial charge in [0.1, 0.15) is 5.00 Å². The number of nitrogens with one attached hydrogen (secondary N) is 1. The highest BCUT2D eigenvalue weighted by Gasteiger charge is 2.29. The molecule has 3 rings (SSSR count). The fourth-order valence-electron chi connectivity index (χ4n) is 3.25. The van der Waals surface area contributed by atoms with Gasteiger partial charge in [-0.05, 0) is 61.9 Å². The number of fused-ring (bicyclic) bond motifs is 1. The van der Waals surface area contributed by atoms with Crippen LogP contribution in [0.15, 0.2) is 24.3 Å². The summed E-state index contributed by atoms with van der Waals surface area (Å²) in [5.41, 5.74) is 7.81. The van der Waals surface area contributed by atoms with E-state index in [4.69, 9.17) is 15.2 Å². The van der Waals surface area contributed by atoms with Gasteiger partial charge in [-0.3, -0.25) is 4.79 Å². The Kier molecular flexibility index (Phi) is 6.53. The lowest BCUT2D eigenvalue weighted by molar-refractivity contribution is -0.119. The molecule has 0 fully saturated rings. The van der Waals surface area contributed by atoms with Crippen LogP contribution in [0.25, 0.3) is 0 Å². The normalized spacial score (nSPS) is 15.3. The van der Waals surface area contributed by atoms with E-state index in [0.29, 0.717) is 27.7 Å². The number of rotatable bonds is 6. The number of hydrogen-bond acceptors (Lipinski definition) is 7. The number of thiophene rings is 1. The molecule has 29 heavy (non-hydrogen) atoms. The Hall–Kier alpha value is -2.87. The van der Waals surface area contributed by atoms with E-state index in [1.165, 1.54) is 23.5 Å². The maximum absolute atomic E-state index is 12.5. The minimum atomic E-state index is -0.620. The summed E-state index contributed by atoms with van der Waals surface area (Å²) in [6, 6.07) is 6.23. The third-order valence-corrected chi connectivity index (χ3v) is 5.89. The van der Waals surface area contributed by atoms with Gasteiger partial charge in [0.2, 0.25) is 0 Å². The lowest BCUT2D eigenvalue weighted by Gasteiger charge is -2.18. The average Bonchev–Trinajstić information content (AvgIpc) is 3.03. The van der Waals surface area contributed by atoms with Gasteiger partial charge in [0.05, 0.1) is 17.7 Å². The first kappa shape index (κ1) is 20.9. The van der Waals surface area contributed by atoms with Gasteiger partial charge in [0.15, 0.2) is 6.61 Å². The molecule has 0 radical (unpaired) electrons. The van der Waals surface area contributed by atoms with E-state index >= 15 is 0 Å². The lowest BCUT2D eigenvalue weighted by atomic mass is 9.88. The number of esters is 2. The highest BCUT2D eigenvalue weighted by molar-refractivity contribution is 7.17. The molecule has 7 nitrogen and oxygen atoms in total. The smallest absolute Gasteiger partial charge is 0.341 e. The first-order chi connectivity index (χ1) is 13.9. The molecule has 1 heterocycles. The van der Waals surface area contributed by atoms with Crippen molar-refractivity contribution in [3.05, 3.63) is 45.8 Å². The second kappa shape index (κ2) is 9.09. The summed E-state index contributed by atoms with van der Waals surface area (Å²) in [4.78, 5) is 38.0. The van der Waals surface area contributed by atoms with E-state index in [0.717, 1.165) is 29.7 Å². The number of carbonyl (C=O) groups is 3. The highest BCUT2D eigenvalue weighted by Crippen LogP contribution is 2.40. The van der Waals surface area contributed by atoms with Crippen molar-refractivity contribution in [3.8, 4) is 0 Å². The Labute approximate surface area is 173 Å². The van der Waals surface area contributed by atoms with Crippen molar-refractivity contribution in [2.75, 3.05) is 24.3 Å². The van der Waals surface area contributed by atoms with Gasteiger partial charge in [-0.25, -0.2) is 9.59 Å². The van der Waals surface area contributed by atoms with Crippen molar-refractivity contribution in [1.29, 1.82) is 0 Å². The molecule has 1 atom stereocenters. The molecule has 3 N–H and O–H groups in total. The van der Waals surface area contributed by atoms with E-state index in [1.54, 1.807) is 19.1 Å². The largest absolute Gasteiger partial charge is 0.462 e. The number of benzene rings is 1. The Balaban J connectivity index is 1.70. The van der Waals surface area contributed by atoms with E-state index < -0.39 is 24.5 Å². The van der Waals surface area contributed by atoms with Crippen LogP contribution in [0.2, 0.25) is 0 Å². The van der Waals surface area contributed by atoms with Crippen LogP contribution in [-0.4, -0.2) is 31.1 Å². The molecule has 1 aromatic carbocycles. The molecule has 0 saturated carbocycles. The second-order valence-electron chi connectivity index (χ2n) is 7.02. The predicted octanol–water partition coefficient (Wildman–Crippen LogP) is 3.43. The van der Waals surface area contributed by atoms with Crippen molar-refractivity contribution >= 4 is 39.9 Å². The summed E-state index contributed by atoms with van der Waals surface area (Å²) >= 11 is 1.39. The summed E-state index contributed by atoms with van der Waals surface area (Å²) in [6.07, 6.45) is 2.64. The average molecular weight is 416 g/mol. The maximum Gasteiger partial charge on any atom is 0.341 e. The van der Waals surface area contributed by atoms with Crippen LogP contribution in [0.4, 0.5) is 10.7 Å². The van der Waals surface area contributed by atoms with Gasteiger partial charge < -0.3 is 20.5 Å². The number of amides is 1. The molecule has 8 heteroatoms. The molecule has 0 aliphatic heterocycles. The summed E-state index contributed by atoms with van der Waals surface area (Å²) in [6.45, 7) is 3.71. The van der Waals surface area contributed by atoms with Crippen LogP contribution in [0.1, 0.15) is 51.4 Å². The molecule has 0 bridgehead atoms. The maximum atomic E-state index is 12.5. The number of carbonyl (C=O) groups excluding carboxylic acids is 3. The highest BCUT2D eigenvalue weighted by atomic mass is 32.1. The quantitative estimate of drug-likeness (QED) is 0.552. The summed E-state index contributed by atoms with van der Waals surface area (Å²) in [7, 11) is 0. The minimum Gasteiger partial charge on any atom is -0.462 e. The molecule has 1 amide bonds. The molecule has 0 unspecified atom stereocenters. The van der Waals surface area contributed by atoms with Crippen LogP contribution in [-0.2, 0) is 27.1 Å². The van der Waals surface area contributed by atoms with Crippen molar-refractivity contribution in [2.45, 2.75) is 33.1 Å². The molecule has 1 aromatic heterocycles. The molecule has 1 aliphatic carbocycles. The van der Waals surface area contributed by atoms with E-state index in [-0.39, 0.29) is 6.61 Å². The Morgan fingerprint density at radius 2 is 1.90 bits per heavy atom. The van der Waals surface area contributed by atoms with E-state index in [9.17, 15) is 14.4 Å². The Morgan fingerprint density at radius 1 is 1.17 bits per heavy atom. The van der Waals surface area contributed by atoms with Crippen molar-refractivity contribution in [2.24, 2.45) is 5.92 Å². The van der Waals surface area contributed by atoms with Crippen LogP contribution in [0.5, 0.6) is 0 Å². The van der Waals surface area contributed by atoms with Gasteiger partial charge in [0.25, 0.3) is 5.91 Å². The van der Waals surface area contributed by atoms with Gasteiger partial charge in [-0.15, -0.1) is 11.3 Å². The number of anilines is 2. The zero-order chi connectivity index (χ0) is 21.0. The second-order valence-corrected chi connectivity index (χ2v) is 8.13. The van der Waals surface area contributed by atoms with E-state index in [1.807, 2.05) is 0 Å². The monoisotopic (exact) mass is 416 g/mol. The van der Waals surface area contributed by atoms with Crippen LogP contribution in [0.3, 0.4) is 0 Å². The summed E-state index contributed by atoms with van der Waals surface area (Å²) in [5, 5.41) is 3.17. The Bertz CT molecular complexity index is 920. The fourth-order valence-corrected chi connectivity index (χ4v) is 4.67. The third kappa shape index (κ3) is 4.95. The first-order valence-electron chi connectivity index (χ1n) is 9.53.